The third kappa shape index (κ3) is 9.24. The molecule has 39 heavy (non-hydrogen) atoms. The Labute approximate surface area is 224 Å². The summed E-state index contributed by atoms with van der Waals surface area (Å²) in [4.78, 5) is 56.7. The van der Waals surface area contributed by atoms with E-state index in [9.17, 15) is 34.5 Å². The molecule has 0 saturated heterocycles. The fourth-order valence-corrected chi connectivity index (χ4v) is 3.76. The van der Waals surface area contributed by atoms with Crippen molar-refractivity contribution >= 4 is 40.6 Å². The molecule has 214 valence electrons. The summed E-state index contributed by atoms with van der Waals surface area (Å²) in [5, 5.41) is 37.1. The molecule has 0 spiro atoms. The molecule has 0 aliphatic carbocycles. The lowest BCUT2D eigenvalue weighted by Crippen LogP contribution is -2.60. The molecule has 0 bridgehead atoms. The summed E-state index contributed by atoms with van der Waals surface area (Å²) in [5.74, 6) is -4.11. The van der Waals surface area contributed by atoms with E-state index in [1.54, 1.807) is 18.3 Å². The summed E-state index contributed by atoms with van der Waals surface area (Å²) in [6, 6.07) is 1.76. The van der Waals surface area contributed by atoms with Crippen molar-refractivity contribution in [2.24, 2.45) is 22.2 Å². The molecular formula is C24H36N8O7. The summed E-state index contributed by atoms with van der Waals surface area (Å²) in [5.41, 5.74) is 17.7. The van der Waals surface area contributed by atoms with Crippen molar-refractivity contribution in [3.63, 3.8) is 0 Å². The van der Waals surface area contributed by atoms with E-state index in [-0.39, 0.29) is 25.3 Å². The highest BCUT2D eigenvalue weighted by atomic mass is 16.4. The van der Waals surface area contributed by atoms with Crippen molar-refractivity contribution in [2.45, 2.75) is 56.5 Å². The molecule has 3 amide bonds. The molecule has 2 aromatic rings. The number of guanidine groups is 1. The number of aliphatic imine (C=N–C) groups is 1. The van der Waals surface area contributed by atoms with Gasteiger partial charge in [0.05, 0.1) is 18.8 Å². The number of hydrogen-bond donors (Lipinski definition) is 10. The predicted octanol–water partition coefficient (Wildman–Crippen LogP) is -3.00. The second kappa shape index (κ2) is 14.7. The second-order valence-electron chi connectivity index (χ2n) is 8.99. The number of carboxylic acid groups (broad SMARTS) is 1. The molecule has 15 nitrogen and oxygen atoms in total. The fourth-order valence-electron chi connectivity index (χ4n) is 3.76. The van der Waals surface area contributed by atoms with Gasteiger partial charge in [-0.1, -0.05) is 18.2 Å². The van der Waals surface area contributed by atoms with Gasteiger partial charge < -0.3 is 53.5 Å². The number of carbonyl (C=O) groups excluding carboxylic acids is 3. The molecule has 15 heteroatoms. The van der Waals surface area contributed by atoms with E-state index in [1.165, 1.54) is 6.92 Å². The lowest BCUT2D eigenvalue weighted by molar-refractivity contribution is -0.142. The Balaban J connectivity index is 2.01. The maximum Gasteiger partial charge on any atom is 0.326 e. The number of nitrogens with two attached hydrogens (primary N) is 3. The number of nitrogens with one attached hydrogen (secondary N) is 4. The Bertz CT molecular complexity index is 1180. The second-order valence-corrected chi connectivity index (χ2v) is 8.99. The van der Waals surface area contributed by atoms with Crippen molar-refractivity contribution < 1.29 is 34.5 Å². The van der Waals surface area contributed by atoms with Crippen LogP contribution in [-0.2, 0) is 25.6 Å². The first kappa shape index (κ1) is 31.0. The Morgan fingerprint density at radius 2 is 1.69 bits per heavy atom. The van der Waals surface area contributed by atoms with Crippen LogP contribution in [0.3, 0.4) is 0 Å². The van der Waals surface area contributed by atoms with Gasteiger partial charge >= 0.3 is 5.97 Å². The highest BCUT2D eigenvalue weighted by Crippen LogP contribution is 2.19. The van der Waals surface area contributed by atoms with Crippen molar-refractivity contribution in [2.75, 3.05) is 13.2 Å². The van der Waals surface area contributed by atoms with Gasteiger partial charge in [-0.2, -0.15) is 0 Å². The van der Waals surface area contributed by atoms with Crippen molar-refractivity contribution in [1.82, 2.24) is 20.9 Å². The molecular weight excluding hydrogens is 512 g/mol. The van der Waals surface area contributed by atoms with Gasteiger partial charge in [-0.3, -0.25) is 19.4 Å². The SMILES string of the molecule is CC(O)C(NC(=O)C(N)CCCN=C(N)N)C(=O)NC(CO)C(=O)NC(Cc1c[nH]c2ccccc12)C(=O)O. The minimum atomic E-state index is -1.56. The molecule has 13 N–H and O–H groups in total. The zero-order valence-electron chi connectivity index (χ0n) is 21.5. The van der Waals surface area contributed by atoms with Gasteiger partial charge in [-0.15, -0.1) is 0 Å². The molecule has 0 aliphatic rings. The number of benzene rings is 1. The molecule has 0 aliphatic heterocycles. The first-order chi connectivity index (χ1) is 18.4. The highest BCUT2D eigenvalue weighted by Gasteiger charge is 2.32. The molecule has 1 heterocycles. The number of amides is 3. The van der Waals surface area contributed by atoms with E-state index in [1.807, 2.05) is 12.1 Å². The van der Waals surface area contributed by atoms with Crippen LogP contribution in [0.5, 0.6) is 0 Å². The number of rotatable bonds is 15. The Hall–Kier alpha value is -4.21. The molecule has 1 aromatic carbocycles. The van der Waals surface area contributed by atoms with Crippen molar-refractivity contribution in [1.29, 1.82) is 0 Å². The van der Waals surface area contributed by atoms with Crippen LogP contribution in [-0.4, -0.2) is 93.4 Å². The Kier molecular flexibility index (Phi) is 11.7. The maximum atomic E-state index is 12.8. The summed E-state index contributed by atoms with van der Waals surface area (Å²) in [7, 11) is 0. The number of aliphatic hydroxyl groups is 2. The number of H-pyrrole nitrogens is 1. The molecule has 5 unspecified atom stereocenters. The van der Waals surface area contributed by atoms with Gasteiger partial charge in [0.25, 0.3) is 0 Å². The molecule has 5 atom stereocenters. The van der Waals surface area contributed by atoms with E-state index in [0.717, 1.165) is 10.9 Å². The zero-order chi connectivity index (χ0) is 29.1. The molecule has 0 fully saturated rings. The number of hydrogen-bond acceptors (Lipinski definition) is 8. The number of aromatic amines is 1. The Morgan fingerprint density at radius 1 is 1.03 bits per heavy atom. The van der Waals surface area contributed by atoms with Gasteiger partial charge in [0.2, 0.25) is 17.7 Å². The predicted molar refractivity (Wildman–Crippen MR) is 142 cm³/mol. The number of fused-ring (bicyclic) bond motifs is 1. The number of aliphatic hydroxyl groups excluding tert-OH is 2. The van der Waals surface area contributed by atoms with Crippen molar-refractivity contribution in [3.05, 3.63) is 36.0 Å². The third-order valence-corrected chi connectivity index (χ3v) is 5.90. The number of carbonyl (C=O) groups is 4. The van der Waals surface area contributed by atoms with E-state index >= 15 is 0 Å². The number of nitrogens with zero attached hydrogens (tertiary/aromatic N) is 1. The van der Waals surface area contributed by atoms with Crippen LogP contribution in [0, 0.1) is 0 Å². The van der Waals surface area contributed by atoms with Crippen molar-refractivity contribution in [3.8, 4) is 0 Å². The Morgan fingerprint density at radius 3 is 2.31 bits per heavy atom. The zero-order valence-corrected chi connectivity index (χ0v) is 21.5. The van der Waals surface area contributed by atoms with Gasteiger partial charge in [0, 0.05) is 30.1 Å². The summed E-state index contributed by atoms with van der Waals surface area (Å²) >= 11 is 0. The van der Waals surface area contributed by atoms with Gasteiger partial charge in [-0.05, 0) is 31.4 Å². The smallest absolute Gasteiger partial charge is 0.326 e. The van der Waals surface area contributed by atoms with Crippen LogP contribution >= 0.6 is 0 Å². The summed E-state index contributed by atoms with van der Waals surface area (Å²) < 4.78 is 0. The number of aromatic nitrogens is 1. The standard InChI is InChI=1S/C24H36N8O7/c1-12(34)19(32-20(35)15(25)6-4-8-28-24(26)27)22(37)31-18(11-33)21(36)30-17(23(38)39)9-13-10-29-16-7-3-2-5-14(13)16/h2-3,5,7,10,12,15,17-19,29,33-34H,4,6,8-9,11,25H2,1H3,(H,30,36)(H,31,37)(H,32,35)(H,38,39)(H4,26,27,28). The van der Waals surface area contributed by atoms with Crippen LogP contribution in [0.2, 0.25) is 0 Å². The van der Waals surface area contributed by atoms with Gasteiger partial charge in [0.1, 0.15) is 18.1 Å². The number of aliphatic carboxylic acids is 1. The van der Waals surface area contributed by atoms with Crippen LogP contribution < -0.4 is 33.2 Å². The topological polar surface area (TPSA) is 271 Å². The molecule has 0 saturated carbocycles. The molecule has 0 radical (unpaired) electrons. The lowest BCUT2D eigenvalue weighted by Gasteiger charge is -2.25. The summed E-state index contributed by atoms with van der Waals surface area (Å²) in [6.45, 7) is 0.612. The molecule has 2 rings (SSSR count). The van der Waals surface area contributed by atoms with Gasteiger partial charge in [0.15, 0.2) is 5.96 Å². The van der Waals surface area contributed by atoms with Crippen LogP contribution in [0.1, 0.15) is 25.3 Å². The number of para-hydroxylation sites is 1. The van der Waals surface area contributed by atoms with E-state index in [2.05, 4.69) is 25.9 Å². The fraction of sp³-hybridized carbons (Fsp3) is 0.458. The average Bonchev–Trinajstić information content (AvgIpc) is 3.29. The van der Waals surface area contributed by atoms with Crippen LogP contribution in [0.15, 0.2) is 35.5 Å². The first-order valence-electron chi connectivity index (χ1n) is 12.2. The van der Waals surface area contributed by atoms with E-state index in [0.29, 0.717) is 12.0 Å². The highest BCUT2D eigenvalue weighted by molar-refractivity contribution is 5.94. The van der Waals surface area contributed by atoms with Gasteiger partial charge in [-0.25, -0.2) is 4.79 Å². The summed E-state index contributed by atoms with van der Waals surface area (Å²) in [6.07, 6.45) is 0.753. The van der Waals surface area contributed by atoms with Crippen LogP contribution in [0.25, 0.3) is 10.9 Å². The maximum absolute atomic E-state index is 12.8. The first-order valence-corrected chi connectivity index (χ1v) is 12.2. The average molecular weight is 549 g/mol. The monoisotopic (exact) mass is 548 g/mol. The lowest BCUT2D eigenvalue weighted by atomic mass is 10.0. The normalized spacial score (nSPS) is 14.9. The third-order valence-electron chi connectivity index (χ3n) is 5.90. The van der Waals surface area contributed by atoms with Crippen LogP contribution in [0.4, 0.5) is 0 Å². The minimum Gasteiger partial charge on any atom is -0.480 e. The minimum absolute atomic E-state index is 0.0649. The van der Waals surface area contributed by atoms with E-state index < -0.39 is 60.6 Å². The quantitative estimate of drug-likeness (QED) is 0.0612. The number of carboxylic acids is 1. The molecule has 1 aromatic heterocycles. The largest absolute Gasteiger partial charge is 0.480 e. The van der Waals surface area contributed by atoms with E-state index in [4.69, 9.17) is 17.2 Å².